The van der Waals surface area contributed by atoms with Gasteiger partial charge in [0, 0.05) is 6.07 Å². The summed E-state index contributed by atoms with van der Waals surface area (Å²) in [5.41, 5.74) is 0. The van der Waals surface area contributed by atoms with Crippen LogP contribution >= 0.6 is 0 Å². The van der Waals surface area contributed by atoms with Crippen LogP contribution in [-0.2, 0) is 0 Å². The molecule has 0 atom stereocenters. The zero-order valence-electron chi connectivity index (χ0n) is 9.03. The molecule has 0 saturated carbocycles. The number of hydrogen-bond donors (Lipinski definition) is 0. The Hall–Kier alpha value is -1.39. The van der Waals surface area contributed by atoms with Gasteiger partial charge in [-0.25, -0.2) is 8.78 Å². The largest absolute Gasteiger partial charge is 0.491 e. The van der Waals surface area contributed by atoms with Gasteiger partial charge in [-0.2, -0.15) is 4.39 Å². The van der Waals surface area contributed by atoms with E-state index in [1.54, 1.807) is 0 Å². The third kappa shape index (κ3) is 2.78. The first kappa shape index (κ1) is 13.6. The molecule has 0 heterocycles. The van der Waals surface area contributed by atoms with Crippen LogP contribution in [0.3, 0.4) is 0 Å². The van der Waals surface area contributed by atoms with E-state index in [4.69, 9.17) is 0 Å². The zero-order valence-corrected chi connectivity index (χ0v) is 9.03. The lowest BCUT2D eigenvalue weighted by atomic mass is 10.3. The SMILES string of the molecule is CC.COc1c(F)cc(F)c(OC)c1F. The number of benzene rings is 1. The Bertz CT molecular complexity index is 299. The van der Waals surface area contributed by atoms with E-state index in [1.165, 1.54) is 0 Å². The van der Waals surface area contributed by atoms with Crippen molar-refractivity contribution in [3.05, 3.63) is 23.5 Å². The van der Waals surface area contributed by atoms with Gasteiger partial charge in [0.1, 0.15) is 0 Å². The summed E-state index contributed by atoms with van der Waals surface area (Å²) in [6.07, 6.45) is 0. The van der Waals surface area contributed by atoms with Crippen LogP contribution in [0, 0.1) is 17.5 Å². The van der Waals surface area contributed by atoms with Crippen LogP contribution in [0.5, 0.6) is 11.5 Å². The molecule has 0 aromatic heterocycles. The summed E-state index contributed by atoms with van der Waals surface area (Å²) in [6, 6.07) is 0.501. The summed E-state index contributed by atoms with van der Waals surface area (Å²) in [6.45, 7) is 4.00. The molecule has 5 heteroatoms. The fourth-order valence-electron chi connectivity index (χ4n) is 0.929. The highest BCUT2D eigenvalue weighted by molar-refractivity contribution is 5.38. The van der Waals surface area contributed by atoms with Crippen LogP contribution in [0.4, 0.5) is 13.2 Å². The van der Waals surface area contributed by atoms with E-state index in [9.17, 15) is 13.2 Å². The van der Waals surface area contributed by atoms with Crippen LogP contribution in [0.15, 0.2) is 6.07 Å². The van der Waals surface area contributed by atoms with Crippen LogP contribution < -0.4 is 9.47 Å². The second-order valence-electron chi connectivity index (χ2n) is 2.22. The molecule has 0 aliphatic carbocycles. The molecule has 0 amide bonds. The van der Waals surface area contributed by atoms with Crippen LogP contribution in [0.1, 0.15) is 13.8 Å². The molecule has 0 fully saturated rings. The number of halogens is 3. The van der Waals surface area contributed by atoms with Gasteiger partial charge in [0.15, 0.2) is 23.1 Å². The molecule has 15 heavy (non-hydrogen) atoms. The Morgan fingerprint density at radius 1 is 0.867 bits per heavy atom. The Morgan fingerprint density at radius 3 is 1.47 bits per heavy atom. The predicted molar refractivity (Wildman–Crippen MR) is 50.8 cm³/mol. The Morgan fingerprint density at radius 2 is 1.20 bits per heavy atom. The minimum Gasteiger partial charge on any atom is -0.491 e. The van der Waals surface area contributed by atoms with E-state index in [0.29, 0.717) is 6.07 Å². The first-order chi connectivity index (χ1) is 7.11. The molecule has 0 unspecified atom stereocenters. The molecule has 0 radical (unpaired) electrons. The molecule has 0 aliphatic heterocycles. The highest BCUT2D eigenvalue weighted by atomic mass is 19.1. The second-order valence-corrected chi connectivity index (χ2v) is 2.22. The van der Waals surface area contributed by atoms with Crippen molar-refractivity contribution in [1.29, 1.82) is 0 Å². The number of rotatable bonds is 2. The fourth-order valence-corrected chi connectivity index (χ4v) is 0.929. The molecule has 1 aromatic rings. The summed E-state index contributed by atoms with van der Waals surface area (Å²) in [5.74, 6) is -4.68. The molecule has 0 aliphatic rings. The van der Waals surface area contributed by atoms with Gasteiger partial charge >= 0.3 is 0 Å². The van der Waals surface area contributed by atoms with Gasteiger partial charge in [0.25, 0.3) is 0 Å². The second kappa shape index (κ2) is 6.16. The normalized spacial score (nSPS) is 9.00. The standard InChI is InChI=1S/C8H7F3O2.C2H6/c1-12-7-4(9)3-5(10)8(13-2)6(7)11;1-2/h3H,1-2H3;1-2H3. The van der Waals surface area contributed by atoms with Crippen molar-refractivity contribution in [3.8, 4) is 11.5 Å². The number of hydrogen-bond acceptors (Lipinski definition) is 2. The molecule has 0 saturated heterocycles. The summed E-state index contributed by atoms with van der Waals surface area (Å²) < 4.78 is 47.4. The number of methoxy groups -OCH3 is 2. The van der Waals surface area contributed by atoms with Gasteiger partial charge in [-0.3, -0.25) is 0 Å². The predicted octanol–water partition coefficient (Wildman–Crippen LogP) is 3.15. The summed E-state index contributed by atoms with van der Waals surface area (Å²) >= 11 is 0. The van der Waals surface area contributed by atoms with E-state index in [2.05, 4.69) is 9.47 Å². The molecular formula is C10H13F3O2. The smallest absolute Gasteiger partial charge is 0.212 e. The van der Waals surface area contributed by atoms with Crippen molar-refractivity contribution >= 4 is 0 Å². The van der Waals surface area contributed by atoms with Crippen molar-refractivity contribution < 1.29 is 22.6 Å². The van der Waals surface area contributed by atoms with Crippen molar-refractivity contribution in [2.45, 2.75) is 13.8 Å². The zero-order chi connectivity index (χ0) is 12.0. The van der Waals surface area contributed by atoms with Gasteiger partial charge in [0.2, 0.25) is 5.82 Å². The third-order valence-corrected chi connectivity index (χ3v) is 1.49. The van der Waals surface area contributed by atoms with Gasteiger partial charge in [0.05, 0.1) is 14.2 Å². The van der Waals surface area contributed by atoms with E-state index in [0.717, 1.165) is 14.2 Å². The Labute approximate surface area is 86.6 Å². The van der Waals surface area contributed by atoms with Crippen molar-refractivity contribution in [2.75, 3.05) is 14.2 Å². The summed E-state index contributed by atoms with van der Waals surface area (Å²) in [5, 5.41) is 0. The molecule has 1 aromatic carbocycles. The van der Waals surface area contributed by atoms with Crippen molar-refractivity contribution in [3.63, 3.8) is 0 Å². The van der Waals surface area contributed by atoms with Gasteiger partial charge in [-0.15, -0.1) is 0 Å². The van der Waals surface area contributed by atoms with E-state index >= 15 is 0 Å². The van der Waals surface area contributed by atoms with E-state index in [-0.39, 0.29) is 0 Å². The van der Waals surface area contributed by atoms with E-state index in [1.807, 2.05) is 13.8 Å². The third-order valence-electron chi connectivity index (χ3n) is 1.49. The quantitative estimate of drug-likeness (QED) is 0.765. The first-order valence-corrected chi connectivity index (χ1v) is 4.37. The Kier molecular flexibility index (Phi) is 5.59. The highest BCUT2D eigenvalue weighted by Gasteiger charge is 2.19. The lowest BCUT2D eigenvalue weighted by Crippen LogP contribution is -1.99. The maximum atomic E-state index is 13.1. The monoisotopic (exact) mass is 222 g/mol. The number of ether oxygens (including phenoxy) is 2. The molecule has 0 spiro atoms. The average Bonchev–Trinajstić information content (AvgIpc) is 2.21. The van der Waals surface area contributed by atoms with Crippen LogP contribution in [0.25, 0.3) is 0 Å². The van der Waals surface area contributed by atoms with E-state index < -0.39 is 29.0 Å². The molecule has 2 nitrogen and oxygen atoms in total. The first-order valence-electron chi connectivity index (χ1n) is 4.37. The lowest BCUT2D eigenvalue weighted by molar-refractivity contribution is 0.318. The van der Waals surface area contributed by atoms with Crippen molar-refractivity contribution in [1.82, 2.24) is 0 Å². The molecule has 86 valence electrons. The van der Waals surface area contributed by atoms with Crippen LogP contribution in [0.2, 0.25) is 0 Å². The lowest BCUT2D eigenvalue weighted by Gasteiger charge is -2.07. The van der Waals surface area contributed by atoms with Crippen molar-refractivity contribution in [2.24, 2.45) is 0 Å². The minimum atomic E-state index is -1.18. The molecule has 1 rings (SSSR count). The van der Waals surface area contributed by atoms with Gasteiger partial charge < -0.3 is 9.47 Å². The topological polar surface area (TPSA) is 18.5 Å². The fraction of sp³-hybridized carbons (Fsp3) is 0.400. The molecular weight excluding hydrogens is 209 g/mol. The maximum Gasteiger partial charge on any atom is 0.212 e. The molecule has 0 bridgehead atoms. The Balaban J connectivity index is 0.000000921. The minimum absolute atomic E-state index is 0.501. The van der Waals surface area contributed by atoms with Gasteiger partial charge in [-0.1, -0.05) is 13.8 Å². The average molecular weight is 222 g/mol. The summed E-state index contributed by atoms with van der Waals surface area (Å²) in [4.78, 5) is 0. The summed E-state index contributed by atoms with van der Waals surface area (Å²) in [7, 11) is 2.16. The van der Waals surface area contributed by atoms with Gasteiger partial charge in [-0.05, 0) is 0 Å². The maximum absolute atomic E-state index is 13.1. The molecule has 0 N–H and O–H groups in total. The highest BCUT2D eigenvalue weighted by Crippen LogP contribution is 2.31. The van der Waals surface area contributed by atoms with Crippen LogP contribution in [-0.4, -0.2) is 14.2 Å².